The number of halogens is 1. The third-order valence-electron chi connectivity index (χ3n) is 3.05. The summed E-state index contributed by atoms with van der Waals surface area (Å²) in [6, 6.07) is 5.49. The van der Waals surface area contributed by atoms with Crippen LogP contribution in [0.3, 0.4) is 0 Å². The molecule has 0 aliphatic rings. The molecule has 1 aromatic carbocycles. The highest BCUT2D eigenvalue weighted by Crippen LogP contribution is 2.21. The second kappa shape index (κ2) is 9.50. The van der Waals surface area contributed by atoms with E-state index in [4.69, 9.17) is 16.3 Å². The van der Waals surface area contributed by atoms with Gasteiger partial charge in [0.1, 0.15) is 12.4 Å². The summed E-state index contributed by atoms with van der Waals surface area (Å²) in [7, 11) is 0. The Hall–Kier alpha value is -1.42. The quantitative estimate of drug-likeness (QED) is 0.741. The number of hydrogen-bond donors (Lipinski definition) is 1. The maximum Gasteiger partial charge on any atom is 0.317 e. The lowest BCUT2D eigenvalue weighted by Crippen LogP contribution is -2.42. The number of aryl methyl sites for hydroxylation is 1. The topological polar surface area (TPSA) is 41.6 Å². The first-order chi connectivity index (χ1) is 10.1. The Labute approximate surface area is 132 Å². The average molecular weight is 313 g/mol. The number of ether oxygens (including phenoxy) is 1. The van der Waals surface area contributed by atoms with Crippen LogP contribution in [0, 0.1) is 6.92 Å². The molecular weight excluding hydrogens is 288 g/mol. The molecule has 21 heavy (non-hydrogen) atoms. The molecule has 0 heterocycles. The summed E-state index contributed by atoms with van der Waals surface area (Å²) in [6.07, 6.45) is 1.93. The third-order valence-corrected chi connectivity index (χ3v) is 3.28. The summed E-state index contributed by atoms with van der Waals surface area (Å²) < 4.78 is 5.65. The van der Waals surface area contributed by atoms with E-state index in [0.717, 1.165) is 37.2 Å². The van der Waals surface area contributed by atoms with Crippen molar-refractivity contribution >= 4 is 17.6 Å². The minimum absolute atomic E-state index is 0.0184. The fourth-order valence-corrected chi connectivity index (χ4v) is 2.29. The van der Waals surface area contributed by atoms with E-state index in [1.807, 2.05) is 24.0 Å². The van der Waals surface area contributed by atoms with Crippen molar-refractivity contribution in [3.63, 3.8) is 0 Å². The van der Waals surface area contributed by atoms with E-state index in [-0.39, 0.29) is 6.03 Å². The second-order valence-corrected chi connectivity index (χ2v) is 5.41. The van der Waals surface area contributed by atoms with Crippen molar-refractivity contribution in [2.45, 2.75) is 33.6 Å². The van der Waals surface area contributed by atoms with E-state index in [0.29, 0.717) is 18.2 Å². The Bertz CT molecular complexity index is 446. The zero-order chi connectivity index (χ0) is 15.7. The lowest BCUT2D eigenvalue weighted by Gasteiger charge is -2.22. The van der Waals surface area contributed by atoms with Crippen LogP contribution in [0.4, 0.5) is 4.79 Å². The largest absolute Gasteiger partial charge is 0.491 e. The molecule has 0 radical (unpaired) electrons. The summed E-state index contributed by atoms with van der Waals surface area (Å²) in [5.74, 6) is 0.799. The van der Waals surface area contributed by atoms with Crippen molar-refractivity contribution in [2.75, 3.05) is 26.2 Å². The highest BCUT2D eigenvalue weighted by atomic mass is 35.5. The van der Waals surface area contributed by atoms with Crippen molar-refractivity contribution in [2.24, 2.45) is 0 Å². The summed E-state index contributed by atoms with van der Waals surface area (Å²) in [6.45, 7) is 8.60. The van der Waals surface area contributed by atoms with E-state index in [1.165, 1.54) is 0 Å². The van der Waals surface area contributed by atoms with Gasteiger partial charge in [0.15, 0.2) is 0 Å². The Morgan fingerprint density at radius 3 is 2.52 bits per heavy atom. The van der Waals surface area contributed by atoms with Gasteiger partial charge in [-0.25, -0.2) is 4.79 Å². The standard InChI is InChI=1S/C16H25ClN2O2/c1-4-9-19(10-5-2)16(20)18-8-11-21-15-7-6-14(17)12-13(15)3/h6-7,12H,4-5,8-11H2,1-3H3,(H,18,20). The summed E-state index contributed by atoms with van der Waals surface area (Å²) >= 11 is 5.90. The Kier molecular flexibility index (Phi) is 7.98. The first-order valence-corrected chi connectivity index (χ1v) is 7.88. The molecule has 0 saturated heterocycles. The predicted octanol–water partition coefficient (Wildman–Crippen LogP) is 3.86. The van der Waals surface area contributed by atoms with Crippen LogP contribution in [-0.4, -0.2) is 37.2 Å². The van der Waals surface area contributed by atoms with Crippen LogP contribution >= 0.6 is 11.6 Å². The van der Waals surface area contributed by atoms with Gasteiger partial charge in [-0.15, -0.1) is 0 Å². The van der Waals surface area contributed by atoms with Crippen LogP contribution in [0.2, 0.25) is 5.02 Å². The number of nitrogens with zero attached hydrogens (tertiary/aromatic N) is 1. The first kappa shape index (κ1) is 17.6. The number of nitrogens with one attached hydrogen (secondary N) is 1. The van der Waals surface area contributed by atoms with E-state index in [2.05, 4.69) is 19.2 Å². The van der Waals surface area contributed by atoms with Crippen molar-refractivity contribution in [1.29, 1.82) is 0 Å². The number of carbonyl (C=O) groups is 1. The third kappa shape index (κ3) is 6.25. The van der Waals surface area contributed by atoms with Crippen LogP contribution < -0.4 is 10.1 Å². The maximum atomic E-state index is 12.0. The van der Waals surface area contributed by atoms with Gasteiger partial charge < -0.3 is 15.0 Å². The molecule has 118 valence electrons. The molecule has 0 saturated carbocycles. The number of urea groups is 1. The molecule has 1 aromatic rings. The zero-order valence-corrected chi connectivity index (χ0v) is 13.9. The average Bonchev–Trinajstić information content (AvgIpc) is 2.45. The van der Waals surface area contributed by atoms with Gasteiger partial charge in [-0.3, -0.25) is 0 Å². The Morgan fingerprint density at radius 2 is 1.95 bits per heavy atom. The number of carbonyl (C=O) groups excluding carboxylic acids is 1. The van der Waals surface area contributed by atoms with Crippen LogP contribution in [0.15, 0.2) is 18.2 Å². The van der Waals surface area contributed by atoms with Gasteiger partial charge in [0.25, 0.3) is 0 Å². The van der Waals surface area contributed by atoms with Gasteiger partial charge in [0, 0.05) is 18.1 Å². The number of hydrogen-bond acceptors (Lipinski definition) is 2. The molecule has 1 N–H and O–H groups in total. The van der Waals surface area contributed by atoms with Crippen molar-refractivity contribution in [3.05, 3.63) is 28.8 Å². The lowest BCUT2D eigenvalue weighted by molar-refractivity contribution is 0.194. The Balaban J connectivity index is 2.34. The first-order valence-electron chi connectivity index (χ1n) is 7.50. The molecule has 4 nitrogen and oxygen atoms in total. The van der Waals surface area contributed by atoms with E-state index in [9.17, 15) is 4.79 Å². The summed E-state index contributed by atoms with van der Waals surface area (Å²) in [5, 5.41) is 3.59. The molecular formula is C16H25ClN2O2. The van der Waals surface area contributed by atoms with Gasteiger partial charge in [0.05, 0.1) is 6.54 Å². The second-order valence-electron chi connectivity index (χ2n) is 4.98. The lowest BCUT2D eigenvalue weighted by atomic mass is 10.2. The van der Waals surface area contributed by atoms with Gasteiger partial charge in [0.2, 0.25) is 0 Å². The number of amides is 2. The Morgan fingerprint density at radius 1 is 1.29 bits per heavy atom. The normalized spacial score (nSPS) is 10.3. The van der Waals surface area contributed by atoms with Crippen molar-refractivity contribution in [1.82, 2.24) is 10.2 Å². The van der Waals surface area contributed by atoms with Gasteiger partial charge in [-0.05, 0) is 43.5 Å². The van der Waals surface area contributed by atoms with Gasteiger partial charge >= 0.3 is 6.03 Å². The molecule has 0 aliphatic heterocycles. The molecule has 0 aliphatic carbocycles. The fraction of sp³-hybridized carbons (Fsp3) is 0.562. The van der Waals surface area contributed by atoms with E-state index < -0.39 is 0 Å². The molecule has 0 bridgehead atoms. The van der Waals surface area contributed by atoms with E-state index >= 15 is 0 Å². The zero-order valence-electron chi connectivity index (χ0n) is 13.1. The van der Waals surface area contributed by atoms with Crippen LogP contribution in [0.1, 0.15) is 32.3 Å². The van der Waals surface area contributed by atoms with Crippen LogP contribution in [0.25, 0.3) is 0 Å². The van der Waals surface area contributed by atoms with Crippen molar-refractivity contribution in [3.8, 4) is 5.75 Å². The number of benzene rings is 1. The minimum atomic E-state index is -0.0184. The molecule has 0 spiro atoms. The van der Waals surface area contributed by atoms with Crippen molar-refractivity contribution < 1.29 is 9.53 Å². The molecule has 2 amide bonds. The molecule has 0 unspecified atom stereocenters. The minimum Gasteiger partial charge on any atom is -0.491 e. The summed E-state index contributed by atoms with van der Waals surface area (Å²) in [4.78, 5) is 13.8. The summed E-state index contributed by atoms with van der Waals surface area (Å²) in [5.41, 5.74) is 0.993. The highest BCUT2D eigenvalue weighted by molar-refractivity contribution is 6.30. The van der Waals surface area contributed by atoms with E-state index in [1.54, 1.807) is 6.07 Å². The smallest absolute Gasteiger partial charge is 0.317 e. The van der Waals surface area contributed by atoms with Gasteiger partial charge in [-0.2, -0.15) is 0 Å². The fourth-order valence-electron chi connectivity index (χ4n) is 2.06. The molecule has 0 fully saturated rings. The SMILES string of the molecule is CCCN(CCC)C(=O)NCCOc1ccc(Cl)cc1C. The molecule has 5 heteroatoms. The molecule has 1 rings (SSSR count). The number of rotatable bonds is 8. The van der Waals surface area contributed by atoms with Gasteiger partial charge in [-0.1, -0.05) is 25.4 Å². The molecule has 0 aromatic heterocycles. The predicted molar refractivity (Wildman–Crippen MR) is 87.2 cm³/mol. The maximum absolute atomic E-state index is 12.0. The van der Waals surface area contributed by atoms with Crippen LogP contribution in [-0.2, 0) is 0 Å². The monoisotopic (exact) mass is 312 g/mol. The highest BCUT2D eigenvalue weighted by Gasteiger charge is 2.10. The van der Waals surface area contributed by atoms with Crippen LogP contribution in [0.5, 0.6) is 5.75 Å². The molecule has 0 atom stereocenters.